The number of H-pyrrole nitrogens is 1. The van der Waals surface area contributed by atoms with E-state index < -0.39 is 11.2 Å². The minimum atomic E-state index is -0.511. The van der Waals surface area contributed by atoms with Crippen molar-refractivity contribution in [3.8, 4) is 5.88 Å². The first kappa shape index (κ1) is 16.9. The predicted molar refractivity (Wildman–Crippen MR) is 88.2 cm³/mol. The van der Waals surface area contributed by atoms with Crippen molar-refractivity contribution in [2.45, 2.75) is 31.9 Å². The molecule has 9 nitrogen and oxygen atoms in total. The quantitative estimate of drug-likeness (QED) is 0.803. The number of amides is 1. The molecule has 1 fully saturated rings. The SMILES string of the molecule is O=C(CCn1ccc(=O)[nH]c1=O)N1CCCC(Oc2cccnn2)C1. The molecular weight excluding hydrogens is 326 g/mol. The Morgan fingerprint density at radius 3 is 3.00 bits per heavy atom. The molecule has 1 N–H and O–H groups in total. The summed E-state index contributed by atoms with van der Waals surface area (Å²) in [6.07, 6.45) is 4.72. The van der Waals surface area contributed by atoms with E-state index in [2.05, 4.69) is 15.2 Å². The maximum Gasteiger partial charge on any atom is 0.328 e. The fourth-order valence-corrected chi connectivity index (χ4v) is 2.78. The number of nitrogens with one attached hydrogen (secondary N) is 1. The van der Waals surface area contributed by atoms with Crippen LogP contribution in [0.15, 0.2) is 40.2 Å². The molecule has 1 saturated heterocycles. The summed E-state index contributed by atoms with van der Waals surface area (Å²) < 4.78 is 7.08. The maximum atomic E-state index is 12.4. The van der Waals surface area contributed by atoms with Crippen molar-refractivity contribution in [3.63, 3.8) is 0 Å². The van der Waals surface area contributed by atoms with Gasteiger partial charge in [-0.25, -0.2) is 4.79 Å². The number of aryl methyl sites for hydroxylation is 1. The summed E-state index contributed by atoms with van der Waals surface area (Å²) in [5.41, 5.74) is -0.963. The Labute approximate surface area is 143 Å². The van der Waals surface area contributed by atoms with Crippen LogP contribution < -0.4 is 16.0 Å². The molecule has 1 amide bonds. The minimum absolute atomic E-state index is 0.0504. The maximum absolute atomic E-state index is 12.4. The summed E-state index contributed by atoms with van der Waals surface area (Å²) in [5, 5.41) is 7.66. The van der Waals surface area contributed by atoms with Crippen LogP contribution >= 0.6 is 0 Å². The van der Waals surface area contributed by atoms with Crippen LogP contribution in [-0.4, -0.2) is 49.7 Å². The Bertz CT molecular complexity index is 832. The number of nitrogens with zero attached hydrogens (tertiary/aromatic N) is 4. The van der Waals surface area contributed by atoms with Crippen molar-refractivity contribution < 1.29 is 9.53 Å². The Hall–Kier alpha value is -2.97. The second kappa shape index (κ2) is 7.73. The van der Waals surface area contributed by atoms with Gasteiger partial charge < -0.3 is 14.2 Å². The lowest BCUT2D eigenvalue weighted by Gasteiger charge is -2.32. The van der Waals surface area contributed by atoms with E-state index in [0.29, 0.717) is 19.0 Å². The third kappa shape index (κ3) is 4.52. The minimum Gasteiger partial charge on any atom is -0.471 e. The number of aromatic nitrogens is 4. The van der Waals surface area contributed by atoms with Gasteiger partial charge in [-0.1, -0.05) is 0 Å². The Balaban J connectivity index is 1.54. The number of hydrogen-bond donors (Lipinski definition) is 1. The van der Waals surface area contributed by atoms with E-state index in [1.165, 1.54) is 16.8 Å². The first-order valence-corrected chi connectivity index (χ1v) is 8.14. The predicted octanol–water partition coefficient (Wildman–Crippen LogP) is -0.213. The van der Waals surface area contributed by atoms with E-state index in [9.17, 15) is 14.4 Å². The average Bonchev–Trinajstić information content (AvgIpc) is 2.62. The largest absolute Gasteiger partial charge is 0.471 e. The molecular formula is C16H19N5O4. The molecule has 1 aliphatic rings. The molecule has 2 aromatic rings. The number of carbonyl (C=O) groups excluding carboxylic acids is 1. The lowest BCUT2D eigenvalue weighted by atomic mass is 10.1. The van der Waals surface area contributed by atoms with Gasteiger partial charge in [-0.2, -0.15) is 5.10 Å². The van der Waals surface area contributed by atoms with Crippen molar-refractivity contribution in [3.05, 3.63) is 51.4 Å². The van der Waals surface area contributed by atoms with Gasteiger partial charge in [0, 0.05) is 44.0 Å². The van der Waals surface area contributed by atoms with E-state index >= 15 is 0 Å². The Morgan fingerprint density at radius 2 is 2.24 bits per heavy atom. The molecule has 3 rings (SSSR count). The number of piperidine rings is 1. The molecule has 0 aliphatic carbocycles. The molecule has 1 unspecified atom stereocenters. The molecule has 3 heterocycles. The molecule has 132 valence electrons. The van der Waals surface area contributed by atoms with Gasteiger partial charge in [-0.15, -0.1) is 5.10 Å². The molecule has 0 bridgehead atoms. The van der Waals surface area contributed by atoms with Gasteiger partial charge in [-0.05, 0) is 18.9 Å². The molecule has 25 heavy (non-hydrogen) atoms. The molecule has 1 aliphatic heterocycles. The number of likely N-dealkylation sites (tertiary alicyclic amines) is 1. The molecule has 2 aromatic heterocycles. The number of rotatable bonds is 5. The van der Waals surface area contributed by atoms with Crippen LogP contribution in [0.3, 0.4) is 0 Å². The van der Waals surface area contributed by atoms with Gasteiger partial charge in [0.05, 0.1) is 6.54 Å². The summed E-state index contributed by atoms with van der Waals surface area (Å²) in [6.45, 7) is 1.37. The average molecular weight is 345 g/mol. The zero-order valence-electron chi connectivity index (χ0n) is 13.6. The van der Waals surface area contributed by atoms with E-state index in [0.717, 1.165) is 12.8 Å². The highest BCUT2D eigenvalue weighted by molar-refractivity contribution is 5.76. The van der Waals surface area contributed by atoms with Crippen LogP contribution in [0.25, 0.3) is 0 Å². The summed E-state index contributed by atoms with van der Waals surface area (Å²) in [6, 6.07) is 4.74. The number of ether oxygens (including phenoxy) is 1. The van der Waals surface area contributed by atoms with Gasteiger partial charge >= 0.3 is 5.69 Å². The molecule has 1 atom stereocenters. The summed E-state index contributed by atoms with van der Waals surface area (Å²) >= 11 is 0. The third-order valence-electron chi connectivity index (χ3n) is 4.03. The highest BCUT2D eigenvalue weighted by Gasteiger charge is 2.25. The molecule has 0 spiro atoms. The summed E-state index contributed by atoms with van der Waals surface area (Å²) in [7, 11) is 0. The Kier molecular flexibility index (Phi) is 5.22. The van der Waals surface area contributed by atoms with Crippen molar-refractivity contribution in [1.29, 1.82) is 0 Å². The first-order valence-electron chi connectivity index (χ1n) is 8.14. The van der Waals surface area contributed by atoms with Crippen LogP contribution in [0.2, 0.25) is 0 Å². The molecule has 0 radical (unpaired) electrons. The van der Waals surface area contributed by atoms with Crippen molar-refractivity contribution in [2.24, 2.45) is 0 Å². The van der Waals surface area contributed by atoms with Gasteiger partial charge in [0.1, 0.15) is 6.10 Å². The van der Waals surface area contributed by atoms with Crippen molar-refractivity contribution >= 4 is 5.91 Å². The zero-order valence-corrected chi connectivity index (χ0v) is 13.6. The first-order chi connectivity index (χ1) is 12.1. The van der Waals surface area contributed by atoms with Gasteiger partial charge in [0.25, 0.3) is 5.56 Å². The number of hydrogen-bond acceptors (Lipinski definition) is 6. The van der Waals surface area contributed by atoms with E-state index in [-0.39, 0.29) is 25.0 Å². The Morgan fingerprint density at radius 1 is 1.36 bits per heavy atom. The van der Waals surface area contributed by atoms with Crippen molar-refractivity contribution in [2.75, 3.05) is 13.1 Å². The van der Waals surface area contributed by atoms with Gasteiger partial charge in [-0.3, -0.25) is 14.6 Å². The molecule has 9 heteroatoms. The van der Waals surface area contributed by atoms with Crippen LogP contribution in [0.1, 0.15) is 19.3 Å². The molecule has 0 aromatic carbocycles. The van der Waals surface area contributed by atoms with Crippen LogP contribution in [0.4, 0.5) is 0 Å². The van der Waals surface area contributed by atoms with E-state index in [1.54, 1.807) is 23.2 Å². The van der Waals surface area contributed by atoms with Crippen LogP contribution in [-0.2, 0) is 11.3 Å². The normalized spacial score (nSPS) is 17.3. The standard InChI is InChI=1S/C16H19N5O4/c22-13-5-9-20(16(24)18-13)10-6-15(23)21-8-2-3-12(11-21)25-14-4-1-7-17-19-14/h1,4-5,7,9,12H,2-3,6,8,10-11H2,(H,18,22,24). The zero-order chi connectivity index (χ0) is 17.6. The second-order valence-electron chi connectivity index (χ2n) is 5.84. The lowest BCUT2D eigenvalue weighted by Crippen LogP contribution is -2.45. The number of carbonyl (C=O) groups is 1. The van der Waals surface area contributed by atoms with E-state index in [1.807, 2.05) is 0 Å². The van der Waals surface area contributed by atoms with Gasteiger partial charge in [0.15, 0.2) is 0 Å². The number of aromatic amines is 1. The topological polar surface area (TPSA) is 110 Å². The highest BCUT2D eigenvalue weighted by Crippen LogP contribution is 2.16. The van der Waals surface area contributed by atoms with Gasteiger partial charge in [0.2, 0.25) is 11.8 Å². The van der Waals surface area contributed by atoms with Crippen LogP contribution in [0, 0.1) is 0 Å². The lowest BCUT2D eigenvalue weighted by molar-refractivity contribution is -0.134. The smallest absolute Gasteiger partial charge is 0.328 e. The summed E-state index contributed by atoms with van der Waals surface area (Å²) in [4.78, 5) is 39.0. The second-order valence-corrected chi connectivity index (χ2v) is 5.84. The summed E-state index contributed by atoms with van der Waals surface area (Å²) in [5.74, 6) is 0.395. The molecule has 0 saturated carbocycles. The van der Waals surface area contributed by atoms with E-state index in [4.69, 9.17) is 4.74 Å². The monoisotopic (exact) mass is 345 g/mol. The van der Waals surface area contributed by atoms with Crippen LogP contribution in [0.5, 0.6) is 5.88 Å². The fraction of sp³-hybridized carbons (Fsp3) is 0.438. The van der Waals surface area contributed by atoms with Crippen molar-refractivity contribution in [1.82, 2.24) is 24.6 Å². The highest BCUT2D eigenvalue weighted by atomic mass is 16.5. The fourth-order valence-electron chi connectivity index (χ4n) is 2.78. The third-order valence-corrected chi connectivity index (χ3v) is 4.03.